The summed E-state index contributed by atoms with van der Waals surface area (Å²) in [6, 6.07) is 14.1. The van der Waals surface area contributed by atoms with Gasteiger partial charge in [-0.2, -0.15) is 0 Å². The maximum absolute atomic E-state index is 5.66. The first-order valence-corrected chi connectivity index (χ1v) is 6.17. The van der Waals surface area contributed by atoms with E-state index in [9.17, 15) is 0 Å². The fourth-order valence-electron chi connectivity index (χ4n) is 1.71. The topological polar surface area (TPSA) is 35.2 Å². The summed E-state index contributed by atoms with van der Waals surface area (Å²) in [6.07, 6.45) is 0. The molecule has 0 heterocycles. The van der Waals surface area contributed by atoms with E-state index in [0.29, 0.717) is 6.54 Å². The second-order valence-electron chi connectivity index (χ2n) is 3.75. The molecule has 0 aromatic heterocycles. The summed E-state index contributed by atoms with van der Waals surface area (Å²) < 4.78 is 6.29. The Balaban J connectivity index is 2.50. The summed E-state index contributed by atoms with van der Waals surface area (Å²) in [5.41, 5.74) is 9.03. The Morgan fingerprint density at radius 2 is 2.00 bits per heavy atom. The van der Waals surface area contributed by atoms with Gasteiger partial charge in [0.25, 0.3) is 0 Å². The van der Waals surface area contributed by atoms with Crippen LogP contribution in [0, 0.1) is 0 Å². The summed E-state index contributed by atoms with van der Waals surface area (Å²) in [5, 5.41) is 0. The molecule has 0 spiro atoms. The van der Waals surface area contributed by atoms with Crippen LogP contribution in [0.2, 0.25) is 0 Å². The number of hydrogen-bond donors (Lipinski definition) is 1. The number of ether oxygens (including phenoxy) is 1. The van der Waals surface area contributed by atoms with E-state index in [1.165, 1.54) is 0 Å². The van der Waals surface area contributed by atoms with Gasteiger partial charge >= 0.3 is 0 Å². The van der Waals surface area contributed by atoms with E-state index in [0.717, 1.165) is 26.9 Å². The van der Waals surface area contributed by atoms with Crippen LogP contribution in [0.3, 0.4) is 0 Å². The van der Waals surface area contributed by atoms with Crippen LogP contribution in [0.1, 0.15) is 5.56 Å². The third-order valence-corrected chi connectivity index (χ3v) is 3.34. The van der Waals surface area contributed by atoms with Crippen molar-refractivity contribution < 1.29 is 4.74 Å². The van der Waals surface area contributed by atoms with Crippen molar-refractivity contribution in [3.63, 3.8) is 0 Å². The molecule has 88 valence electrons. The molecule has 0 radical (unpaired) electrons. The van der Waals surface area contributed by atoms with Crippen molar-refractivity contribution in [2.24, 2.45) is 5.73 Å². The molecular weight excluding hydrogens is 278 g/mol. The Kier molecular flexibility index (Phi) is 3.82. The second-order valence-corrected chi connectivity index (χ2v) is 4.60. The zero-order valence-corrected chi connectivity index (χ0v) is 11.2. The average molecular weight is 292 g/mol. The highest BCUT2D eigenvalue weighted by atomic mass is 79.9. The molecule has 0 aliphatic carbocycles. The van der Waals surface area contributed by atoms with Crippen LogP contribution < -0.4 is 10.5 Å². The SMILES string of the molecule is COc1cccc(-c2cc(CN)ccc2Br)c1. The molecule has 0 amide bonds. The van der Waals surface area contributed by atoms with Crippen molar-refractivity contribution in [2.75, 3.05) is 7.11 Å². The Bertz CT molecular complexity index is 525. The van der Waals surface area contributed by atoms with E-state index in [2.05, 4.69) is 28.1 Å². The second kappa shape index (κ2) is 5.34. The van der Waals surface area contributed by atoms with E-state index in [1.54, 1.807) is 7.11 Å². The van der Waals surface area contributed by atoms with E-state index in [1.807, 2.05) is 30.3 Å². The van der Waals surface area contributed by atoms with Crippen LogP contribution in [-0.4, -0.2) is 7.11 Å². The van der Waals surface area contributed by atoms with Gasteiger partial charge in [-0.1, -0.05) is 34.1 Å². The van der Waals surface area contributed by atoms with Crippen LogP contribution in [0.5, 0.6) is 5.75 Å². The standard InChI is InChI=1S/C14H14BrNO/c1-17-12-4-2-3-11(8-12)13-7-10(9-16)5-6-14(13)15/h2-8H,9,16H2,1H3. The molecule has 0 fully saturated rings. The van der Waals surface area contributed by atoms with Gasteiger partial charge in [0.15, 0.2) is 0 Å². The smallest absolute Gasteiger partial charge is 0.119 e. The van der Waals surface area contributed by atoms with Crippen LogP contribution in [-0.2, 0) is 6.54 Å². The number of nitrogens with two attached hydrogens (primary N) is 1. The van der Waals surface area contributed by atoms with Gasteiger partial charge in [0.1, 0.15) is 5.75 Å². The molecule has 0 aliphatic heterocycles. The van der Waals surface area contributed by atoms with Gasteiger partial charge in [0, 0.05) is 11.0 Å². The third-order valence-electron chi connectivity index (χ3n) is 2.65. The number of hydrogen-bond acceptors (Lipinski definition) is 2. The van der Waals surface area contributed by atoms with Crippen molar-refractivity contribution in [2.45, 2.75) is 6.54 Å². The number of methoxy groups -OCH3 is 1. The first kappa shape index (κ1) is 12.1. The van der Waals surface area contributed by atoms with Crippen molar-refractivity contribution in [1.82, 2.24) is 0 Å². The highest BCUT2D eigenvalue weighted by Gasteiger charge is 2.05. The van der Waals surface area contributed by atoms with Crippen LogP contribution >= 0.6 is 15.9 Å². The number of benzene rings is 2. The lowest BCUT2D eigenvalue weighted by Crippen LogP contribution is -1.96. The van der Waals surface area contributed by atoms with Gasteiger partial charge in [-0.05, 0) is 41.0 Å². The predicted molar refractivity (Wildman–Crippen MR) is 74.0 cm³/mol. The van der Waals surface area contributed by atoms with Gasteiger partial charge in [0.05, 0.1) is 7.11 Å². The van der Waals surface area contributed by atoms with Gasteiger partial charge in [0.2, 0.25) is 0 Å². The minimum absolute atomic E-state index is 0.546. The summed E-state index contributed by atoms with van der Waals surface area (Å²) in [5.74, 6) is 0.854. The van der Waals surface area contributed by atoms with E-state index >= 15 is 0 Å². The molecule has 2 rings (SSSR count). The van der Waals surface area contributed by atoms with E-state index in [-0.39, 0.29) is 0 Å². The molecule has 2 N–H and O–H groups in total. The molecule has 17 heavy (non-hydrogen) atoms. The molecule has 0 aliphatic rings. The van der Waals surface area contributed by atoms with Gasteiger partial charge < -0.3 is 10.5 Å². The zero-order chi connectivity index (χ0) is 12.3. The molecule has 2 aromatic rings. The summed E-state index contributed by atoms with van der Waals surface area (Å²) >= 11 is 3.56. The van der Waals surface area contributed by atoms with Crippen molar-refractivity contribution in [3.8, 4) is 16.9 Å². The van der Waals surface area contributed by atoms with Crippen LogP contribution in [0.25, 0.3) is 11.1 Å². The minimum atomic E-state index is 0.546. The lowest BCUT2D eigenvalue weighted by Gasteiger charge is -2.08. The highest BCUT2D eigenvalue weighted by Crippen LogP contribution is 2.31. The first-order valence-electron chi connectivity index (χ1n) is 5.37. The molecule has 0 atom stereocenters. The number of rotatable bonds is 3. The zero-order valence-electron chi connectivity index (χ0n) is 9.61. The average Bonchev–Trinajstić information content (AvgIpc) is 2.39. The highest BCUT2D eigenvalue weighted by molar-refractivity contribution is 9.10. The summed E-state index contributed by atoms with van der Waals surface area (Å²) in [7, 11) is 1.67. The number of halogens is 1. The van der Waals surface area contributed by atoms with Crippen molar-refractivity contribution >= 4 is 15.9 Å². The quantitative estimate of drug-likeness (QED) is 0.938. The van der Waals surface area contributed by atoms with Crippen LogP contribution in [0.4, 0.5) is 0 Å². The Morgan fingerprint density at radius 1 is 1.18 bits per heavy atom. The fourth-order valence-corrected chi connectivity index (χ4v) is 2.19. The van der Waals surface area contributed by atoms with Crippen molar-refractivity contribution in [1.29, 1.82) is 0 Å². The third kappa shape index (κ3) is 2.68. The Morgan fingerprint density at radius 3 is 2.71 bits per heavy atom. The first-order chi connectivity index (χ1) is 8.24. The lowest BCUT2D eigenvalue weighted by atomic mass is 10.0. The molecular formula is C14H14BrNO. The fraction of sp³-hybridized carbons (Fsp3) is 0.143. The predicted octanol–water partition coefficient (Wildman–Crippen LogP) is 3.58. The van der Waals surface area contributed by atoms with Gasteiger partial charge in [-0.15, -0.1) is 0 Å². The van der Waals surface area contributed by atoms with Gasteiger partial charge in [-0.25, -0.2) is 0 Å². The van der Waals surface area contributed by atoms with E-state index < -0.39 is 0 Å². The Labute approximate surface area is 110 Å². The minimum Gasteiger partial charge on any atom is -0.497 e. The molecule has 2 nitrogen and oxygen atoms in total. The monoisotopic (exact) mass is 291 g/mol. The van der Waals surface area contributed by atoms with Gasteiger partial charge in [-0.3, -0.25) is 0 Å². The summed E-state index contributed by atoms with van der Waals surface area (Å²) in [4.78, 5) is 0. The maximum Gasteiger partial charge on any atom is 0.119 e. The molecule has 2 aromatic carbocycles. The molecule has 3 heteroatoms. The van der Waals surface area contributed by atoms with Crippen molar-refractivity contribution in [3.05, 3.63) is 52.5 Å². The lowest BCUT2D eigenvalue weighted by molar-refractivity contribution is 0.415. The molecule has 0 bridgehead atoms. The van der Waals surface area contributed by atoms with E-state index in [4.69, 9.17) is 10.5 Å². The maximum atomic E-state index is 5.66. The molecule has 0 saturated heterocycles. The Hall–Kier alpha value is -1.32. The largest absolute Gasteiger partial charge is 0.497 e. The normalized spacial score (nSPS) is 10.3. The van der Waals surface area contributed by atoms with Crippen LogP contribution in [0.15, 0.2) is 46.9 Å². The molecule has 0 saturated carbocycles. The summed E-state index contributed by atoms with van der Waals surface area (Å²) in [6.45, 7) is 0.546. The molecule has 0 unspecified atom stereocenters.